The Morgan fingerprint density at radius 3 is 1.82 bits per heavy atom. The lowest BCUT2D eigenvalue weighted by molar-refractivity contribution is 1.26. The van der Waals surface area contributed by atoms with Crippen molar-refractivity contribution < 1.29 is 0 Å². The van der Waals surface area contributed by atoms with E-state index in [4.69, 9.17) is 0 Å². The highest BCUT2D eigenvalue weighted by Gasteiger charge is 2.29. The average molecular weight is 894 g/mol. The average Bonchev–Trinajstić information content (AvgIpc) is 4.02. The normalized spacial score (nSPS) is 12.2. The minimum Gasteiger partial charge on any atom is -0.310 e. The summed E-state index contributed by atoms with van der Waals surface area (Å²) in [5.41, 5.74) is 14.5. The number of rotatable bonds is 8. The van der Waals surface area contributed by atoms with E-state index in [-0.39, 0.29) is 0 Å². The molecule has 0 unspecified atom stereocenters. The number of hydrogen-bond donors (Lipinski definition) is 0. The molecule has 0 saturated heterocycles. The number of hydrogen-bond acceptors (Lipinski definition) is 3. The van der Waals surface area contributed by atoms with Crippen molar-refractivity contribution in [2.75, 3.05) is 9.80 Å². The predicted octanol–water partition coefficient (Wildman–Crippen LogP) is 17.8. The number of benzene rings is 10. The zero-order valence-corrected chi connectivity index (χ0v) is 39.8. The molecule has 0 aliphatic heterocycles. The van der Waals surface area contributed by atoms with Gasteiger partial charge in [0, 0.05) is 70.2 Å². The minimum atomic E-state index is -1.78. The van der Waals surface area contributed by atoms with Gasteiger partial charge in [-0.15, -0.1) is 11.3 Å². The van der Waals surface area contributed by atoms with Crippen molar-refractivity contribution in [1.82, 2.24) is 4.40 Å². The third-order valence-corrected chi connectivity index (χ3v) is 17.1. The van der Waals surface area contributed by atoms with E-state index in [9.17, 15) is 0 Å². The topological polar surface area (TPSA) is 10.9 Å². The quantitative estimate of drug-likeness (QED) is 0.141. The Morgan fingerprint density at radius 2 is 1.07 bits per heavy atom. The molecule has 67 heavy (non-hydrogen) atoms. The number of fused-ring (bicyclic) bond motifs is 11. The lowest BCUT2D eigenvalue weighted by Crippen LogP contribution is -2.40. The monoisotopic (exact) mass is 893 g/mol. The second kappa shape index (κ2) is 15.2. The molecule has 0 N–H and O–H groups in total. The van der Waals surface area contributed by atoms with Gasteiger partial charge in [-0.05, 0) is 125 Å². The van der Waals surface area contributed by atoms with Crippen LogP contribution in [0.1, 0.15) is 5.56 Å². The van der Waals surface area contributed by atoms with E-state index in [0.717, 1.165) is 17.1 Å². The Hall–Kier alpha value is -7.70. The molecule has 0 spiro atoms. The van der Waals surface area contributed by atoms with Crippen LogP contribution in [-0.2, 0) is 0 Å². The van der Waals surface area contributed by atoms with Gasteiger partial charge in [0.25, 0.3) is 0 Å². The van der Waals surface area contributed by atoms with Crippen molar-refractivity contribution in [2.24, 2.45) is 0 Å². The molecule has 13 aromatic rings. The first-order valence-electron chi connectivity index (χ1n) is 23.3. The maximum atomic E-state index is 2.56. The fraction of sp³-hybridized carbons (Fsp3) is 0.0645. The number of para-hydroxylation sites is 4. The van der Waals surface area contributed by atoms with Crippen LogP contribution in [0, 0.1) is 6.92 Å². The summed E-state index contributed by atoms with van der Waals surface area (Å²) in [4.78, 5) is 4.93. The van der Waals surface area contributed by atoms with Gasteiger partial charge in [0.05, 0.1) is 30.3 Å². The summed E-state index contributed by atoms with van der Waals surface area (Å²) in [7, 11) is -1.78. The highest BCUT2D eigenvalue weighted by atomic mass is 32.1. The van der Waals surface area contributed by atoms with Crippen molar-refractivity contribution in [3.63, 3.8) is 0 Å². The molecule has 0 radical (unpaired) electrons. The highest BCUT2D eigenvalue weighted by molar-refractivity contribution is 7.26. The fourth-order valence-corrected chi connectivity index (χ4v) is 13.6. The van der Waals surface area contributed by atoms with Crippen LogP contribution in [0.4, 0.5) is 34.1 Å². The maximum Gasteiger partial charge on any atom is 0.0803 e. The van der Waals surface area contributed by atoms with Gasteiger partial charge in [0.2, 0.25) is 0 Å². The van der Waals surface area contributed by atoms with Crippen LogP contribution in [0.2, 0.25) is 19.6 Å². The largest absolute Gasteiger partial charge is 0.310 e. The van der Waals surface area contributed by atoms with Gasteiger partial charge in [-0.1, -0.05) is 147 Å². The van der Waals surface area contributed by atoms with E-state index in [1.54, 1.807) is 0 Å². The molecule has 0 aliphatic carbocycles. The number of nitrogens with zero attached hydrogens (tertiary/aromatic N) is 3. The Labute approximate surface area is 395 Å². The van der Waals surface area contributed by atoms with Crippen LogP contribution >= 0.6 is 11.3 Å². The number of anilines is 6. The van der Waals surface area contributed by atoms with Crippen molar-refractivity contribution >= 4 is 128 Å². The lowest BCUT2D eigenvalue weighted by atomic mass is 9.98. The summed E-state index contributed by atoms with van der Waals surface area (Å²) < 4.78 is 5.15. The van der Waals surface area contributed by atoms with E-state index in [1.807, 2.05) is 11.3 Å². The van der Waals surface area contributed by atoms with E-state index < -0.39 is 8.07 Å². The van der Waals surface area contributed by atoms with Crippen molar-refractivity contribution in [1.29, 1.82) is 0 Å². The molecular formula is C62H47N3SSi. The molecule has 10 aromatic carbocycles. The smallest absolute Gasteiger partial charge is 0.0803 e. The van der Waals surface area contributed by atoms with Crippen LogP contribution < -0.4 is 15.0 Å². The zero-order chi connectivity index (χ0) is 45.0. The van der Waals surface area contributed by atoms with Crippen LogP contribution in [0.5, 0.6) is 0 Å². The molecule has 0 fully saturated rings. The second-order valence-corrected chi connectivity index (χ2v) is 25.1. The lowest BCUT2D eigenvalue weighted by Gasteiger charge is -2.31. The first-order chi connectivity index (χ1) is 32.8. The van der Waals surface area contributed by atoms with Crippen molar-refractivity contribution in [3.8, 4) is 11.1 Å². The third-order valence-electron chi connectivity index (χ3n) is 13.9. The molecule has 3 aromatic heterocycles. The van der Waals surface area contributed by atoms with Crippen LogP contribution in [0.3, 0.4) is 0 Å². The number of aryl methyl sites for hydroxylation is 1. The summed E-state index contributed by atoms with van der Waals surface area (Å²) in [6, 6.07) is 78.9. The molecule has 320 valence electrons. The summed E-state index contributed by atoms with van der Waals surface area (Å²) in [6.45, 7) is 9.57. The van der Waals surface area contributed by atoms with Crippen LogP contribution in [0.15, 0.2) is 212 Å². The molecule has 5 heteroatoms. The summed E-state index contributed by atoms with van der Waals surface area (Å²) in [5.74, 6) is 0. The van der Waals surface area contributed by atoms with Crippen molar-refractivity contribution in [3.05, 3.63) is 218 Å². The molecule has 13 rings (SSSR count). The number of thiophene rings is 1. The molecule has 0 bridgehead atoms. The van der Waals surface area contributed by atoms with E-state index >= 15 is 0 Å². The molecule has 0 amide bonds. The molecule has 0 aliphatic rings. The second-order valence-electron chi connectivity index (χ2n) is 19.0. The Bertz CT molecular complexity index is 4040. The van der Waals surface area contributed by atoms with Crippen molar-refractivity contribution in [2.45, 2.75) is 26.6 Å². The van der Waals surface area contributed by atoms with Gasteiger partial charge in [-0.2, -0.15) is 0 Å². The third kappa shape index (κ3) is 6.22. The summed E-state index contributed by atoms with van der Waals surface area (Å²) in [5, 5.41) is 11.7. The SMILES string of the molecule is Cc1ccccc1N(c1ccccc1)c1ccc2c(c1)sc1ccc3cc4c(cc3c12)c1ccc(N(c2ccccc2)c2ccccc2[Si](C)(C)C)c2c3cc(-c5ccccc5)ccc3n4c12. The van der Waals surface area contributed by atoms with E-state index in [2.05, 4.69) is 253 Å². The van der Waals surface area contributed by atoms with Crippen LogP contribution in [-0.4, -0.2) is 12.5 Å². The zero-order valence-electron chi connectivity index (χ0n) is 38.0. The van der Waals surface area contributed by atoms with Gasteiger partial charge < -0.3 is 14.2 Å². The first-order valence-corrected chi connectivity index (χ1v) is 27.6. The van der Waals surface area contributed by atoms with E-state index in [0.29, 0.717) is 0 Å². The van der Waals surface area contributed by atoms with Gasteiger partial charge in [-0.3, -0.25) is 0 Å². The molecule has 0 saturated carbocycles. The standard InChI is InChI=1S/C62H47N3SSi/c1-40-18-14-15-25-52(40)63(44-21-10-6-11-22-44)46-30-31-48-58(38-46)66-57-35-29-43-37-56-50(39-49(43)60(48)57)47-32-34-55(64(45-23-12-7-13-24-45)54-26-16-17-27-59(54)67(2,3)4)61-51-36-42(41-19-8-5-9-20-41)28-33-53(51)65(56)62(47)61/h5-39H,1-4H3. The minimum absolute atomic E-state index is 1.15. The molecule has 3 nitrogen and oxygen atoms in total. The fourth-order valence-electron chi connectivity index (χ4n) is 10.9. The molecular weight excluding hydrogens is 847 g/mol. The Morgan fingerprint density at radius 1 is 0.403 bits per heavy atom. The van der Waals surface area contributed by atoms with Gasteiger partial charge >= 0.3 is 0 Å². The van der Waals surface area contributed by atoms with Gasteiger partial charge in [0.1, 0.15) is 0 Å². The number of aromatic nitrogens is 1. The first kappa shape index (κ1) is 39.6. The highest BCUT2D eigenvalue weighted by Crippen LogP contribution is 2.50. The Kier molecular flexibility index (Phi) is 8.98. The molecule has 0 atom stereocenters. The predicted molar refractivity (Wildman–Crippen MR) is 294 cm³/mol. The Balaban J connectivity index is 1.08. The summed E-state index contributed by atoms with van der Waals surface area (Å²) >= 11 is 1.89. The van der Waals surface area contributed by atoms with Gasteiger partial charge in [-0.25, -0.2) is 0 Å². The maximum absolute atomic E-state index is 2.56. The summed E-state index contributed by atoms with van der Waals surface area (Å²) in [6.07, 6.45) is 0. The van der Waals surface area contributed by atoms with Crippen LogP contribution in [0.25, 0.3) is 80.2 Å². The van der Waals surface area contributed by atoms with E-state index in [1.165, 1.54) is 108 Å². The molecule has 3 heterocycles. The van der Waals surface area contributed by atoms with Gasteiger partial charge in [0.15, 0.2) is 0 Å².